The number of carbonyl (C=O) groups excluding carboxylic acids is 1. The zero-order chi connectivity index (χ0) is 16.9. The average molecular weight is 357 g/mol. The van der Waals surface area contributed by atoms with Gasteiger partial charge >= 0.3 is 0 Å². The molecule has 0 aromatic heterocycles. The van der Waals surface area contributed by atoms with Gasteiger partial charge < -0.3 is 5.32 Å². The molecule has 0 spiro atoms. The molecule has 0 atom stereocenters. The van der Waals surface area contributed by atoms with Gasteiger partial charge in [-0.15, -0.1) is 0 Å². The lowest BCUT2D eigenvalue weighted by Gasteiger charge is -2.17. The van der Waals surface area contributed by atoms with Crippen molar-refractivity contribution >= 4 is 33.4 Å². The Morgan fingerprint density at radius 1 is 1.35 bits per heavy atom. The molecule has 5 nitrogen and oxygen atoms in total. The molecule has 0 aliphatic heterocycles. The van der Waals surface area contributed by atoms with Gasteiger partial charge in [-0.1, -0.05) is 18.9 Å². The van der Waals surface area contributed by atoms with E-state index < -0.39 is 10.0 Å². The van der Waals surface area contributed by atoms with Crippen molar-refractivity contribution in [3.05, 3.63) is 29.8 Å². The monoisotopic (exact) mass is 356 g/mol. The van der Waals surface area contributed by atoms with E-state index in [1.54, 1.807) is 24.3 Å². The quantitative estimate of drug-likeness (QED) is 0.762. The zero-order valence-corrected chi connectivity index (χ0v) is 15.3. The summed E-state index contributed by atoms with van der Waals surface area (Å²) in [4.78, 5) is 12.2. The van der Waals surface area contributed by atoms with E-state index >= 15 is 0 Å². The number of thioether (sulfide) groups is 1. The number of benzene rings is 1. The van der Waals surface area contributed by atoms with Crippen LogP contribution in [0.5, 0.6) is 0 Å². The van der Waals surface area contributed by atoms with E-state index in [-0.39, 0.29) is 5.91 Å². The first-order valence-corrected chi connectivity index (χ1v) is 10.7. The third-order valence-electron chi connectivity index (χ3n) is 4.01. The van der Waals surface area contributed by atoms with Gasteiger partial charge in [-0.2, -0.15) is 11.8 Å². The first-order valence-electron chi connectivity index (χ1n) is 7.81. The molecule has 1 aliphatic rings. The summed E-state index contributed by atoms with van der Waals surface area (Å²) < 4.78 is 24.3. The summed E-state index contributed by atoms with van der Waals surface area (Å²) in [5, 5.41) is 3.65. The van der Waals surface area contributed by atoms with Crippen molar-refractivity contribution in [3.8, 4) is 0 Å². The van der Waals surface area contributed by atoms with Gasteiger partial charge in [0.1, 0.15) is 0 Å². The third-order valence-corrected chi connectivity index (χ3v) is 6.60. The van der Waals surface area contributed by atoms with Crippen molar-refractivity contribution < 1.29 is 13.2 Å². The van der Waals surface area contributed by atoms with Crippen molar-refractivity contribution in [2.75, 3.05) is 29.9 Å². The standard InChI is InChI=1S/C16H24N2O3S2/c1-18(23(2,20)21)14-7-5-6-13(12-14)16(19)17-10-11-22-15-8-3-4-9-15/h5-7,12,15H,3-4,8-11H2,1-2H3,(H,17,19). The van der Waals surface area contributed by atoms with Crippen LogP contribution in [0.15, 0.2) is 24.3 Å². The van der Waals surface area contributed by atoms with Crippen molar-refractivity contribution in [2.45, 2.75) is 30.9 Å². The molecule has 7 heteroatoms. The maximum Gasteiger partial charge on any atom is 0.251 e. The Morgan fingerprint density at radius 2 is 2.04 bits per heavy atom. The highest BCUT2D eigenvalue weighted by Crippen LogP contribution is 2.28. The second-order valence-corrected chi connectivity index (χ2v) is 9.24. The molecule has 0 unspecified atom stereocenters. The van der Waals surface area contributed by atoms with Crippen LogP contribution in [0.4, 0.5) is 5.69 Å². The number of rotatable bonds is 7. The molecule has 2 rings (SSSR count). The van der Waals surface area contributed by atoms with Crippen LogP contribution in [0.1, 0.15) is 36.0 Å². The molecule has 1 aromatic carbocycles. The Balaban J connectivity index is 1.86. The van der Waals surface area contributed by atoms with Gasteiger partial charge in [0.05, 0.1) is 11.9 Å². The van der Waals surface area contributed by atoms with E-state index in [4.69, 9.17) is 0 Å². The minimum absolute atomic E-state index is 0.166. The molecule has 0 bridgehead atoms. The molecule has 1 N–H and O–H groups in total. The van der Waals surface area contributed by atoms with Crippen molar-refractivity contribution in [1.29, 1.82) is 0 Å². The molecule has 1 saturated carbocycles. The first kappa shape index (κ1) is 18.1. The Bertz CT molecular complexity index is 640. The molecule has 0 radical (unpaired) electrons. The normalized spacial score (nSPS) is 15.6. The summed E-state index contributed by atoms with van der Waals surface area (Å²) in [7, 11) is -1.85. The molecule has 0 heterocycles. The third kappa shape index (κ3) is 5.42. The smallest absolute Gasteiger partial charge is 0.251 e. The van der Waals surface area contributed by atoms with Crippen LogP contribution in [-0.2, 0) is 10.0 Å². The molecule has 0 saturated heterocycles. The highest BCUT2D eigenvalue weighted by atomic mass is 32.2. The number of hydrogen-bond donors (Lipinski definition) is 1. The molecular formula is C16H24N2O3S2. The van der Waals surface area contributed by atoms with Crippen LogP contribution in [-0.4, -0.2) is 45.2 Å². The average Bonchev–Trinajstić information content (AvgIpc) is 3.03. The number of carbonyl (C=O) groups is 1. The lowest BCUT2D eigenvalue weighted by atomic mass is 10.2. The summed E-state index contributed by atoms with van der Waals surface area (Å²) in [5.41, 5.74) is 0.962. The number of sulfonamides is 1. The van der Waals surface area contributed by atoms with Crippen LogP contribution in [0.25, 0.3) is 0 Å². The Labute approximate surface area is 142 Å². The van der Waals surface area contributed by atoms with Gasteiger partial charge in [0, 0.05) is 30.2 Å². The van der Waals surface area contributed by atoms with Gasteiger partial charge in [0.25, 0.3) is 5.91 Å². The predicted molar refractivity (Wildman–Crippen MR) is 96.7 cm³/mol. The lowest BCUT2D eigenvalue weighted by molar-refractivity contribution is 0.0956. The number of nitrogens with one attached hydrogen (secondary N) is 1. The van der Waals surface area contributed by atoms with E-state index in [0.717, 1.165) is 17.3 Å². The Hall–Kier alpha value is -1.21. The van der Waals surface area contributed by atoms with Crippen LogP contribution in [0.2, 0.25) is 0 Å². The molecule has 1 fully saturated rings. The number of anilines is 1. The Morgan fingerprint density at radius 3 is 2.70 bits per heavy atom. The van der Waals surface area contributed by atoms with Gasteiger partial charge in [-0.05, 0) is 31.0 Å². The summed E-state index contributed by atoms with van der Waals surface area (Å²) >= 11 is 1.93. The van der Waals surface area contributed by atoms with E-state index in [9.17, 15) is 13.2 Å². The molecular weight excluding hydrogens is 332 g/mol. The number of hydrogen-bond acceptors (Lipinski definition) is 4. The highest BCUT2D eigenvalue weighted by molar-refractivity contribution is 7.99. The largest absolute Gasteiger partial charge is 0.351 e. The second-order valence-electron chi connectivity index (χ2n) is 5.81. The van der Waals surface area contributed by atoms with Gasteiger partial charge in [-0.3, -0.25) is 9.10 Å². The molecule has 128 valence electrons. The fraction of sp³-hybridized carbons (Fsp3) is 0.562. The predicted octanol–water partition coefficient (Wildman–Crippen LogP) is 2.49. The fourth-order valence-corrected chi connectivity index (χ4v) is 4.30. The van der Waals surface area contributed by atoms with Crippen LogP contribution in [0, 0.1) is 0 Å². The van der Waals surface area contributed by atoms with Gasteiger partial charge in [-0.25, -0.2) is 8.42 Å². The van der Waals surface area contributed by atoms with Crippen molar-refractivity contribution in [3.63, 3.8) is 0 Å². The highest BCUT2D eigenvalue weighted by Gasteiger charge is 2.16. The SMILES string of the molecule is CN(c1cccc(C(=O)NCCSC2CCCC2)c1)S(C)(=O)=O. The molecule has 1 aromatic rings. The minimum Gasteiger partial charge on any atom is -0.351 e. The molecule has 1 aliphatic carbocycles. The van der Waals surface area contributed by atoms with E-state index in [0.29, 0.717) is 17.8 Å². The van der Waals surface area contributed by atoms with Crippen LogP contribution >= 0.6 is 11.8 Å². The summed E-state index contributed by atoms with van der Waals surface area (Å²) in [5.74, 6) is 0.750. The molecule has 23 heavy (non-hydrogen) atoms. The lowest BCUT2D eigenvalue weighted by Crippen LogP contribution is -2.27. The molecule has 1 amide bonds. The zero-order valence-electron chi connectivity index (χ0n) is 13.6. The van der Waals surface area contributed by atoms with Crippen molar-refractivity contribution in [1.82, 2.24) is 5.32 Å². The number of nitrogens with zero attached hydrogens (tertiary/aromatic N) is 1. The summed E-state index contributed by atoms with van der Waals surface area (Å²) in [6.07, 6.45) is 6.37. The maximum atomic E-state index is 12.2. The van der Waals surface area contributed by atoms with Crippen molar-refractivity contribution in [2.24, 2.45) is 0 Å². The topological polar surface area (TPSA) is 66.5 Å². The fourth-order valence-electron chi connectivity index (χ4n) is 2.58. The second kappa shape index (κ2) is 8.06. The van der Waals surface area contributed by atoms with Gasteiger partial charge in [0.15, 0.2) is 0 Å². The Kier molecular flexibility index (Phi) is 6.35. The van der Waals surface area contributed by atoms with E-state index in [1.807, 2.05) is 11.8 Å². The summed E-state index contributed by atoms with van der Waals surface area (Å²) in [6, 6.07) is 6.66. The van der Waals surface area contributed by atoms with E-state index in [2.05, 4.69) is 5.32 Å². The summed E-state index contributed by atoms with van der Waals surface area (Å²) in [6.45, 7) is 0.631. The van der Waals surface area contributed by atoms with Crippen LogP contribution < -0.4 is 9.62 Å². The number of amides is 1. The van der Waals surface area contributed by atoms with Gasteiger partial charge in [0.2, 0.25) is 10.0 Å². The first-order chi connectivity index (χ1) is 10.9. The maximum absolute atomic E-state index is 12.2. The van der Waals surface area contributed by atoms with E-state index in [1.165, 1.54) is 37.0 Å². The van der Waals surface area contributed by atoms with Crippen LogP contribution in [0.3, 0.4) is 0 Å². The minimum atomic E-state index is -3.33.